The minimum atomic E-state index is -2.17. The van der Waals surface area contributed by atoms with Crippen LogP contribution in [0.2, 0.25) is 0 Å². The van der Waals surface area contributed by atoms with E-state index < -0.39 is 18.5 Å². The summed E-state index contributed by atoms with van der Waals surface area (Å²) >= 11 is 0. The van der Waals surface area contributed by atoms with E-state index in [1.165, 1.54) is 0 Å². The van der Waals surface area contributed by atoms with E-state index in [0.29, 0.717) is 0 Å². The van der Waals surface area contributed by atoms with E-state index in [0.717, 1.165) is 0 Å². The number of carbonyl (C=O) groups is 3. The number of ether oxygens (including phenoxy) is 2. The van der Waals surface area contributed by atoms with Crippen molar-refractivity contribution in [1.82, 2.24) is 0 Å². The molecule has 0 heterocycles. The normalized spacial score (nSPS) is 7.27. The molecular formula is C3HAgO7. The van der Waals surface area contributed by atoms with Crippen molar-refractivity contribution in [2.24, 2.45) is 0 Å². The molecule has 0 atom stereocenters. The molecule has 66 valence electrons. The molecule has 0 saturated heterocycles. The van der Waals surface area contributed by atoms with Crippen LogP contribution in [0.3, 0.4) is 0 Å². The SMILES string of the molecule is O=C([O-])OC(=O)OC(=O)O.[Ag+]. The molecule has 0 aliphatic rings. The summed E-state index contributed by atoms with van der Waals surface area (Å²) in [6.45, 7) is 0. The topological polar surface area (TPSA) is 113 Å². The molecule has 0 aromatic heterocycles. The van der Waals surface area contributed by atoms with E-state index in [4.69, 9.17) is 5.11 Å². The molecule has 0 aliphatic heterocycles. The van der Waals surface area contributed by atoms with E-state index in [1.807, 2.05) is 0 Å². The average Bonchev–Trinajstić information content (AvgIpc) is 1.58. The summed E-state index contributed by atoms with van der Waals surface area (Å²) in [4.78, 5) is 28.6. The van der Waals surface area contributed by atoms with Crippen LogP contribution in [0.25, 0.3) is 0 Å². The maximum absolute atomic E-state index is 9.82. The van der Waals surface area contributed by atoms with Crippen LogP contribution in [0.4, 0.5) is 14.4 Å². The fraction of sp³-hybridized carbons (Fsp3) is 0. The molecule has 11 heavy (non-hydrogen) atoms. The molecule has 0 amide bonds. The standard InChI is InChI=1S/C3H2O7.Ag/c4-1(5)9-3(8)10-2(6)7;/h(H,4,5)(H,6,7);/q;+1/p-1. The van der Waals surface area contributed by atoms with Gasteiger partial charge in [0.05, 0.1) is 0 Å². The molecule has 8 heteroatoms. The molecule has 0 spiro atoms. The third-order valence-electron chi connectivity index (χ3n) is 0.337. The van der Waals surface area contributed by atoms with Gasteiger partial charge in [0.1, 0.15) is 0 Å². The van der Waals surface area contributed by atoms with E-state index in [9.17, 15) is 19.5 Å². The van der Waals surface area contributed by atoms with E-state index in [1.54, 1.807) is 0 Å². The third kappa shape index (κ3) is 8.95. The van der Waals surface area contributed by atoms with Gasteiger partial charge >= 0.3 is 34.7 Å². The quantitative estimate of drug-likeness (QED) is 0.341. The van der Waals surface area contributed by atoms with Crippen LogP contribution >= 0.6 is 0 Å². The summed E-state index contributed by atoms with van der Waals surface area (Å²) in [6, 6.07) is 0. The Morgan fingerprint density at radius 2 is 1.64 bits per heavy atom. The van der Waals surface area contributed by atoms with Gasteiger partial charge in [-0.1, -0.05) is 0 Å². The van der Waals surface area contributed by atoms with Crippen molar-refractivity contribution in [3.63, 3.8) is 0 Å². The first-order valence-electron chi connectivity index (χ1n) is 1.86. The molecule has 0 saturated carbocycles. The predicted molar refractivity (Wildman–Crippen MR) is 21.0 cm³/mol. The molecule has 0 bridgehead atoms. The molecular weight excluding hydrogens is 256 g/mol. The number of hydrogen-bond donors (Lipinski definition) is 1. The van der Waals surface area contributed by atoms with Gasteiger partial charge in [-0.15, -0.1) is 0 Å². The maximum atomic E-state index is 9.82. The van der Waals surface area contributed by atoms with Crippen LogP contribution < -0.4 is 5.11 Å². The van der Waals surface area contributed by atoms with E-state index in [-0.39, 0.29) is 22.4 Å². The Morgan fingerprint density at radius 3 is 1.91 bits per heavy atom. The fourth-order valence-corrected chi connectivity index (χ4v) is 0.160. The van der Waals surface area contributed by atoms with Gasteiger partial charge in [-0.2, -0.15) is 0 Å². The van der Waals surface area contributed by atoms with Gasteiger partial charge in [0.2, 0.25) is 0 Å². The molecule has 0 aromatic carbocycles. The first-order valence-corrected chi connectivity index (χ1v) is 1.86. The Morgan fingerprint density at radius 1 is 1.18 bits per heavy atom. The van der Waals surface area contributed by atoms with Crippen LogP contribution in [0.15, 0.2) is 0 Å². The second-order valence-electron chi connectivity index (χ2n) is 0.970. The summed E-state index contributed by atoms with van der Waals surface area (Å²) in [7, 11) is 0. The molecule has 0 aromatic rings. The number of hydrogen-bond acceptors (Lipinski definition) is 6. The Balaban J connectivity index is 0. The Bertz CT molecular complexity index is 157. The predicted octanol–water partition coefficient (Wildman–Crippen LogP) is -0.842. The molecule has 0 fully saturated rings. The van der Waals surface area contributed by atoms with Crippen LogP contribution in [0.1, 0.15) is 0 Å². The van der Waals surface area contributed by atoms with Gasteiger partial charge in [-0.3, -0.25) is 0 Å². The number of carbonyl (C=O) groups excluding carboxylic acids is 2. The van der Waals surface area contributed by atoms with Crippen LogP contribution in [0.5, 0.6) is 0 Å². The minimum Gasteiger partial charge on any atom is -0.452 e. The smallest absolute Gasteiger partial charge is 0.452 e. The van der Waals surface area contributed by atoms with Crippen molar-refractivity contribution in [3.05, 3.63) is 0 Å². The Labute approximate surface area is 75.4 Å². The zero-order chi connectivity index (χ0) is 8.15. The third-order valence-corrected chi connectivity index (χ3v) is 0.337. The minimum absolute atomic E-state index is 0. The summed E-state index contributed by atoms with van der Waals surface area (Å²) in [5, 5.41) is 17.0. The van der Waals surface area contributed by atoms with Crippen LogP contribution in [0, 0.1) is 0 Å². The average molecular weight is 257 g/mol. The van der Waals surface area contributed by atoms with Crippen LogP contribution in [-0.2, 0) is 31.9 Å². The first-order chi connectivity index (χ1) is 4.52. The molecule has 1 N–H and O–H groups in total. The molecule has 0 unspecified atom stereocenters. The zero-order valence-electron chi connectivity index (χ0n) is 4.70. The Hall–Kier alpha value is -1.05. The monoisotopic (exact) mass is 256 g/mol. The van der Waals surface area contributed by atoms with Gasteiger partial charge in [0.25, 0.3) is 6.16 Å². The number of rotatable bonds is 0. The molecule has 7 nitrogen and oxygen atoms in total. The van der Waals surface area contributed by atoms with Gasteiger partial charge in [-0.25, -0.2) is 9.59 Å². The fourth-order valence-electron chi connectivity index (χ4n) is 0.160. The van der Waals surface area contributed by atoms with Gasteiger partial charge in [0.15, 0.2) is 0 Å². The van der Waals surface area contributed by atoms with Crippen molar-refractivity contribution in [2.45, 2.75) is 0 Å². The molecule has 0 radical (unpaired) electrons. The van der Waals surface area contributed by atoms with Crippen molar-refractivity contribution in [2.75, 3.05) is 0 Å². The summed E-state index contributed by atoms with van der Waals surface area (Å²) in [6.07, 6.45) is -5.98. The molecule has 0 aliphatic carbocycles. The van der Waals surface area contributed by atoms with Gasteiger partial charge in [-0.05, 0) is 0 Å². The van der Waals surface area contributed by atoms with Crippen molar-refractivity contribution in [3.8, 4) is 0 Å². The summed E-state index contributed by atoms with van der Waals surface area (Å²) < 4.78 is 6.32. The van der Waals surface area contributed by atoms with Crippen molar-refractivity contribution in [1.29, 1.82) is 0 Å². The van der Waals surface area contributed by atoms with Gasteiger partial charge < -0.3 is 24.5 Å². The van der Waals surface area contributed by atoms with E-state index in [2.05, 4.69) is 9.47 Å². The maximum Gasteiger partial charge on any atom is 1.00 e. The van der Waals surface area contributed by atoms with Crippen molar-refractivity contribution >= 4 is 18.5 Å². The van der Waals surface area contributed by atoms with Crippen LogP contribution in [-0.4, -0.2) is 23.6 Å². The molecule has 0 rings (SSSR count). The summed E-state index contributed by atoms with van der Waals surface area (Å²) in [5.41, 5.74) is 0. The zero-order valence-corrected chi connectivity index (χ0v) is 6.18. The van der Waals surface area contributed by atoms with Crippen molar-refractivity contribution < 1.29 is 56.5 Å². The second-order valence-corrected chi connectivity index (χ2v) is 0.970. The first kappa shape index (κ1) is 12.6. The van der Waals surface area contributed by atoms with E-state index >= 15 is 0 Å². The number of carboxylic acid groups (broad SMARTS) is 2. The second kappa shape index (κ2) is 5.71. The van der Waals surface area contributed by atoms with Gasteiger partial charge in [0, 0.05) is 0 Å². The largest absolute Gasteiger partial charge is 1.00 e. The summed E-state index contributed by atoms with van der Waals surface area (Å²) in [5.74, 6) is 0. The Kier molecular flexibility index (Phi) is 6.55.